The van der Waals surface area contributed by atoms with Crippen LogP contribution in [0.1, 0.15) is 24.0 Å². The summed E-state index contributed by atoms with van der Waals surface area (Å²) >= 11 is 0. The van der Waals surface area contributed by atoms with Crippen LogP contribution in [0.2, 0.25) is 0 Å². The van der Waals surface area contributed by atoms with Crippen molar-refractivity contribution in [2.75, 3.05) is 33.8 Å². The monoisotopic (exact) mass is 386 g/mol. The lowest BCUT2D eigenvalue weighted by Crippen LogP contribution is -2.45. The first-order valence-electron chi connectivity index (χ1n) is 8.74. The lowest BCUT2D eigenvalue weighted by atomic mass is 10.1. The van der Waals surface area contributed by atoms with E-state index in [9.17, 15) is 18.0 Å². The van der Waals surface area contributed by atoms with Gasteiger partial charge in [-0.15, -0.1) is 0 Å². The molecular formula is C18H25F3N4O2. The molecule has 1 aliphatic heterocycles. The number of guanidine groups is 1. The Balaban J connectivity index is 1.78. The summed E-state index contributed by atoms with van der Waals surface area (Å²) in [6.07, 6.45) is -3.15. The quantitative estimate of drug-likeness (QED) is 0.445. The fraction of sp³-hybridized carbons (Fsp3) is 0.556. The van der Waals surface area contributed by atoms with E-state index < -0.39 is 11.7 Å². The van der Waals surface area contributed by atoms with Gasteiger partial charge in [0.2, 0.25) is 0 Å². The minimum atomic E-state index is -4.31. The van der Waals surface area contributed by atoms with Gasteiger partial charge in [0.15, 0.2) is 5.96 Å². The molecule has 1 heterocycles. The number of hydrogen-bond acceptors (Lipinski definition) is 4. The van der Waals surface area contributed by atoms with Gasteiger partial charge in [-0.1, -0.05) is 12.1 Å². The van der Waals surface area contributed by atoms with Gasteiger partial charge in [-0.3, -0.25) is 14.7 Å². The fourth-order valence-corrected chi connectivity index (χ4v) is 2.92. The smallest absolute Gasteiger partial charge is 0.416 e. The van der Waals surface area contributed by atoms with Crippen molar-refractivity contribution in [1.29, 1.82) is 0 Å². The molecule has 1 unspecified atom stereocenters. The summed E-state index contributed by atoms with van der Waals surface area (Å²) in [7, 11) is 3.00. The molecular weight excluding hydrogens is 361 g/mol. The summed E-state index contributed by atoms with van der Waals surface area (Å²) in [5, 5.41) is 6.36. The van der Waals surface area contributed by atoms with Gasteiger partial charge in [-0.05, 0) is 24.1 Å². The maximum Gasteiger partial charge on any atom is 0.416 e. The molecule has 9 heteroatoms. The Kier molecular flexibility index (Phi) is 7.46. The van der Waals surface area contributed by atoms with E-state index in [1.165, 1.54) is 19.2 Å². The minimum absolute atomic E-state index is 0.184. The van der Waals surface area contributed by atoms with Crippen LogP contribution in [0.3, 0.4) is 0 Å². The number of halogens is 3. The van der Waals surface area contributed by atoms with E-state index in [0.717, 1.165) is 37.2 Å². The lowest BCUT2D eigenvalue weighted by molar-refractivity contribution is -0.140. The highest BCUT2D eigenvalue weighted by molar-refractivity contribution is 5.80. The van der Waals surface area contributed by atoms with Crippen LogP contribution in [0.4, 0.5) is 13.2 Å². The van der Waals surface area contributed by atoms with E-state index >= 15 is 0 Å². The Bertz CT molecular complexity index is 647. The number of esters is 1. The number of carbonyl (C=O) groups is 1. The molecule has 1 atom stereocenters. The van der Waals surface area contributed by atoms with Crippen molar-refractivity contribution in [3.8, 4) is 0 Å². The third-order valence-corrected chi connectivity index (χ3v) is 4.37. The van der Waals surface area contributed by atoms with Crippen molar-refractivity contribution in [3.05, 3.63) is 35.4 Å². The van der Waals surface area contributed by atoms with Gasteiger partial charge >= 0.3 is 12.1 Å². The summed E-state index contributed by atoms with van der Waals surface area (Å²) in [4.78, 5) is 17.4. The molecule has 0 saturated carbocycles. The molecule has 0 bridgehead atoms. The number of benzene rings is 1. The van der Waals surface area contributed by atoms with Crippen LogP contribution in [0.15, 0.2) is 29.3 Å². The van der Waals surface area contributed by atoms with Crippen molar-refractivity contribution in [2.24, 2.45) is 4.99 Å². The molecule has 1 aromatic rings. The Morgan fingerprint density at radius 2 is 2.04 bits per heavy atom. The maximum absolute atomic E-state index is 12.6. The molecule has 0 amide bonds. The lowest BCUT2D eigenvalue weighted by Gasteiger charge is -2.19. The number of aliphatic imine (C=N–C) groups is 1. The zero-order chi connectivity index (χ0) is 19.9. The molecule has 1 aromatic carbocycles. The first-order valence-corrected chi connectivity index (χ1v) is 8.74. The van der Waals surface area contributed by atoms with Crippen molar-refractivity contribution in [3.63, 3.8) is 0 Å². The maximum atomic E-state index is 12.6. The second-order valence-corrected chi connectivity index (χ2v) is 6.38. The molecule has 6 nitrogen and oxygen atoms in total. The highest BCUT2D eigenvalue weighted by Gasteiger charge is 2.30. The molecule has 1 aliphatic rings. The number of ether oxygens (including phenoxy) is 1. The summed E-state index contributed by atoms with van der Waals surface area (Å²) in [6, 6.07) is 5.47. The van der Waals surface area contributed by atoms with E-state index in [1.54, 1.807) is 7.05 Å². The van der Waals surface area contributed by atoms with E-state index in [4.69, 9.17) is 0 Å². The molecule has 0 spiro atoms. The van der Waals surface area contributed by atoms with Crippen molar-refractivity contribution >= 4 is 11.9 Å². The Labute approximate surface area is 156 Å². The number of alkyl halides is 3. The van der Waals surface area contributed by atoms with Crippen LogP contribution in [0.25, 0.3) is 0 Å². The number of carbonyl (C=O) groups excluding carboxylic acids is 1. The van der Waals surface area contributed by atoms with Crippen molar-refractivity contribution in [1.82, 2.24) is 15.5 Å². The zero-order valence-electron chi connectivity index (χ0n) is 15.5. The highest BCUT2D eigenvalue weighted by Crippen LogP contribution is 2.29. The molecule has 27 heavy (non-hydrogen) atoms. The third kappa shape index (κ3) is 6.74. The molecule has 150 valence electrons. The Morgan fingerprint density at radius 1 is 1.33 bits per heavy atom. The van der Waals surface area contributed by atoms with Gasteiger partial charge in [0.25, 0.3) is 0 Å². The first-order chi connectivity index (χ1) is 12.8. The largest absolute Gasteiger partial charge is 0.469 e. The Morgan fingerprint density at radius 3 is 2.63 bits per heavy atom. The van der Waals surface area contributed by atoms with Crippen molar-refractivity contribution < 1.29 is 22.7 Å². The summed E-state index contributed by atoms with van der Waals surface area (Å²) in [6.45, 7) is 2.63. The fourth-order valence-electron chi connectivity index (χ4n) is 2.92. The average Bonchev–Trinajstić information content (AvgIpc) is 3.07. The molecule has 2 N–H and O–H groups in total. The van der Waals surface area contributed by atoms with Crippen LogP contribution < -0.4 is 10.6 Å². The topological polar surface area (TPSA) is 66.0 Å². The van der Waals surface area contributed by atoms with Crippen molar-refractivity contribution in [2.45, 2.75) is 31.6 Å². The third-order valence-electron chi connectivity index (χ3n) is 4.37. The summed E-state index contributed by atoms with van der Waals surface area (Å²) in [5.74, 6) is 0.321. The van der Waals surface area contributed by atoms with Crippen LogP contribution in [0, 0.1) is 0 Å². The second kappa shape index (κ2) is 9.59. The molecule has 0 radical (unpaired) electrons. The van der Waals surface area contributed by atoms with Crippen LogP contribution in [-0.2, 0) is 22.3 Å². The molecule has 0 aromatic heterocycles. The number of rotatable bonds is 6. The van der Waals surface area contributed by atoms with Gasteiger partial charge < -0.3 is 15.4 Å². The van der Waals surface area contributed by atoms with Gasteiger partial charge in [0, 0.05) is 39.3 Å². The number of hydrogen-bond donors (Lipinski definition) is 2. The SMILES string of the molecule is CN=C(NCCC(=O)OC)NC1CCN(Cc2ccc(C(F)(F)F)cc2)C1. The summed E-state index contributed by atoms with van der Waals surface area (Å²) < 4.78 is 42.5. The number of nitrogens with one attached hydrogen (secondary N) is 2. The normalized spacial score (nSPS) is 18.4. The number of methoxy groups -OCH3 is 1. The number of nitrogens with zero attached hydrogens (tertiary/aromatic N) is 2. The standard InChI is InChI=1S/C18H25F3N4O2/c1-22-17(23-9-7-16(26)27-2)24-15-8-10-25(12-15)11-13-3-5-14(6-4-13)18(19,20)21/h3-6,15H,7-12H2,1-2H3,(H2,22,23,24). The van der Waals surface area contributed by atoms with Gasteiger partial charge in [-0.25, -0.2) is 0 Å². The second-order valence-electron chi connectivity index (χ2n) is 6.38. The predicted octanol–water partition coefficient (Wildman–Crippen LogP) is 2.01. The first kappa shape index (κ1) is 21.0. The van der Waals surface area contributed by atoms with Gasteiger partial charge in [0.05, 0.1) is 19.1 Å². The van der Waals surface area contributed by atoms with Gasteiger partial charge in [0.1, 0.15) is 0 Å². The molecule has 1 saturated heterocycles. The number of likely N-dealkylation sites (tertiary alicyclic amines) is 1. The van der Waals surface area contributed by atoms with Crippen LogP contribution >= 0.6 is 0 Å². The molecule has 1 fully saturated rings. The van der Waals surface area contributed by atoms with E-state index in [0.29, 0.717) is 19.0 Å². The summed E-state index contributed by atoms with van der Waals surface area (Å²) in [5.41, 5.74) is 0.221. The highest BCUT2D eigenvalue weighted by atomic mass is 19.4. The predicted molar refractivity (Wildman–Crippen MR) is 96.3 cm³/mol. The van der Waals surface area contributed by atoms with E-state index in [2.05, 4.69) is 25.3 Å². The average molecular weight is 386 g/mol. The Hall–Kier alpha value is -2.29. The van der Waals surface area contributed by atoms with Crippen LogP contribution in [-0.4, -0.2) is 56.7 Å². The molecule has 0 aliphatic carbocycles. The van der Waals surface area contributed by atoms with Crippen LogP contribution in [0.5, 0.6) is 0 Å². The zero-order valence-corrected chi connectivity index (χ0v) is 15.5. The van der Waals surface area contributed by atoms with Gasteiger partial charge in [-0.2, -0.15) is 13.2 Å². The minimum Gasteiger partial charge on any atom is -0.469 e. The molecule has 2 rings (SSSR count). The van der Waals surface area contributed by atoms with E-state index in [-0.39, 0.29) is 18.4 Å². The van der Waals surface area contributed by atoms with E-state index in [1.807, 2.05) is 0 Å².